The molecule has 0 aliphatic heterocycles. The average molecular weight is 276 g/mol. The second-order valence-corrected chi connectivity index (χ2v) is 11.0. The molecule has 0 aromatic carbocycles. The van der Waals surface area contributed by atoms with Crippen LogP contribution in [-0.4, -0.2) is 40.2 Å². The number of esters is 1. The van der Waals surface area contributed by atoms with Crippen molar-refractivity contribution in [1.29, 1.82) is 0 Å². The Morgan fingerprint density at radius 2 is 1.72 bits per heavy atom. The van der Waals surface area contributed by atoms with Crippen molar-refractivity contribution < 1.29 is 18.7 Å². The van der Waals surface area contributed by atoms with Gasteiger partial charge in [0.25, 0.3) is 0 Å². The van der Waals surface area contributed by atoms with Crippen LogP contribution in [0.2, 0.25) is 18.1 Å². The van der Waals surface area contributed by atoms with E-state index in [1.807, 2.05) is 13.8 Å². The monoisotopic (exact) mass is 276 g/mol. The van der Waals surface area contributed by atoms with E-state index < -0.39 is 14.4 Å². The van der Waals surface area contributed by atoms with Crippen LogP contribution in [0.5, 0.6) is 0 Å². The van der Waals surface area contributed by atoms with Gasteiger partial charge >= 0.3 is 5.97 Å². The third-order valence-electron chi connectivity index (χ3n) is 3.29. The van der Waals surface area contributed by atoms with Gasteiger partial charge < -0.3 is 13.9 Å². The fraction of sp³-hybridized carbons (Fsp3) is 0.923. The number of hydrogen-bond acceptors (Lipinski definition) is 4. The Labute approximate surface area is 112 Å². The zero-order valence-electron chi connectivity index (χ0n) is 13.0. The van der Waals surface area contributed by atoms with E-state index in [1.54, 1.807) is 0 Å². The Kier molecular flexibility index (Phi) is 6.53. The first kappa shape index (κ1) is 17.6. The van der Waals surface area contributed by atoms with Gasteiger partial charge in [0.15, 0.2) is 14.4 Å². The van der Waals surface area contributed by atoms with Gasteiger partial charge in [-0.15, -0.1) is 0 Å². The largest absolute Gasteiger partial charge is 0.467 e. The van der Waals surface area contributed by atoms with Gasteiger partial charge in [-0.1, -0.05) is 20.8 Å². The van der Waals surface area contributed by atoms with E-state index in [9.17, 15) is 4.79 Å². The summed E-state index contributed by atoms with van der Waals surface area (Å²) in [5.41, 5.74) is 0. The smallest absolute Gasteiger partial charge is 0.336 e. The maximum absolute atomic E-state index is 11.7. The van der Waals surface area contributed by atoms with Crippen molar-refractivity contribution in [3.63, 3.8) is 0 Å². The SMILES string of the molecule is COC(=O)C(COC(C)C)O[Si](C)(C)C(C)(C)C. The van der Waals surface area contributed by atoms with E-state index in [-0.39, 0.29) is 23.7 Å². The predicted octanol–water partition coefficient (Wildman–Crippen LogP) is 2.97. The van der Waals surface area contributed by atoms with Gasteiger partial charge in [-0.25, -0.2) is 4.79 Å². The molecular formula is C13H28O4Si. The molecule has 1 atom stereocenters. The minimum atomic E-state index is -2.00. The van der Waals surface area contributed by atoms with Crippen molar-refractivity contribution in [3.8, 4) is 0 Å². The van der Waals surface area contributed by atoms with E-state index >= 15 is 0 Å². The van der Waals surface area contributed by atoms with Gasteiger partial charge in [0.2, 0.25) is 0 Å². The Morgan fingerprint density at radius 3 is 2.06 bits per heavy atom. The summed E-state index contributed by atoms with van der Waals surface area (Å²) in [5, 5.41) is 0.0527. The van der Waals surface area contributed by atoms with Crippen LogP contribution in [-0.2, 0) is 18.7 Å². The molecule has 1 unspecified atom stereocenters. The van der Waals surface area contributed by atoms with Crippen molar-refractivity contribution in [2.45, 2.75) is 65.0 Å². The molecule has 0 saturated carbocycles. The van der Waals surface area contributed by atoms with Crippen LogP contribution in [0.15, 0.2) is 0 Å². The minimum Gasteiger partial charge on any atom is -0.467 e. The molecule has 0 spiro atoms. The summed E-state index contributed by atoms with van der Waals surface area (Å²) in [6.07, 6.45) is -0.557. The summed E-state index contributed by atoms with van der Waals surface area (Å²) in [6.45, 7) is 14.7. The summed E-state index contributed by atoms with van der Waals surface area (Å²) in [6, 6.07) is 0. The van der Waals surface area contributed by atoms with Crippen LogP contribution in [0.25, 0.3) is 0 Å². The van der Waals surface area contributed by atoms with E-state index in [0.717, 1.165) is 0 Å². The Balaban J connectivity index is 4.74. The quantitative estimate of drug-likeness (QED) is 0.552. The highest BCUT2D eigenvalue weighted by Crippen LogP contribution is 2.37. The Hall–Kier alpha value is -0.393. The summed E-state index contributed by atoms with van der Waals surface area (Å²) >= 11 is 0. The van der Waals surface area contributed by atoms with Gasteiger partial charge in [0.05, 0.1) is 19.8 Å². The number of methoxy groups -OCH3 is 1. The molecule has 0 fully saturated rings. The molecule has 0 aliphatic carbocycles. The van der Waals surface area contributed by atoms with Crippen molar-refractivity contribution in [2.75, 3.05) is 13.7 Å². The summed E-state index contributed by atoms with van der Waals surface area (Å²) in [4.78, 5) is 11.7. The van der Waals surface area contributed by atoms with Gasteiger partial charge in [-0.2, -0.15) is 0 Å². The van der Waals surface area contributed by atoms with E-state index in [1.165, 1.54) is 7.11 Å². The third kappa shape index (κ3) is 5.50. The second-order valence-electron chi connectivity index (χ2n) is 6.27. The first-order valence-corrected chi connectivity index (χ1v) is 9.29. The fourth-order valence-corrected chi connectivity index (χ4v) is 2.32. The van der Waals surface area contributed by atoms with Crippen LogP contribution >= 0.6 is 0 Å². The van der Waals surface area contributed by atoms with Gasteiger partial charge in [-0.3, -0.25) is 0 Å². The van der Waals surface area contributed by atoms with Crippen LogP contribution in [0.1, 0.15) is 34.6 Å². The molecule has 0 bridgehead atoms. The highest BCUT2D eigenvalue weighted by molar-refractivity contribution is 6.74. The summed E-state index contributed by atoms with van der Waals surface area (Å²) in [7, 11) is -0.625. The van der Waals surface area contributed by atoms with Crippen molar-refractivity contribution in [1.82, 2.24) is 0 Å². The van der Waals surface area contributed by atoms with E-state index in [2.05, 4.69) is 33.9 Å². The third-order valence-corrected chi connectivity index (χ3v) is 7.77. The molecule has 0 radical (unpaired) electrons. The molecule has 0 aromatic heterocycles. The highest BCUT2D eigenvalue weighted by Gasteiger charge is 2.41. The van der Waals surface area contributed by atoms with Crippen LogP contribution in [0, 0.1) is 0 Å². The Bertz CT molecular complexity index is 269. The van der Waals surface area contributed by atoms with Crippen LogP contribution in [0.4, 0.5) is 0 Å². The lowest BCUT2D eigenvalue weighted by Gasteiger charge is -2.38. The zero-order chi connectivity index (χ0) is 14.6. The minimum absolute atomic E-state index is 0.0527. The maximum atomic E-state index is 11.7. The lowest BCUT2D eigenvalue weighted by molar-refractivity contribution is -0.153. The van der Waals surface area contributed by atoms with Gasteiger partial charge in [0.1, 0.15) is 0 Å². The standard InChI is InChI=1S/C13H28O4Si/c1-10(2)16-9-11(12(14)15-6)17-18(7,8)13(3,4)5/h10-11H,9H2,1-8H3. The molecule has 0 amide bonds. The first-order valence-electron chi connectivity index (χ1n) is 6.38. The molecule has 4 nitrogen and oxygen atoms in total. The average Bonchev–Trinajstić information content (AvgIpc) is 2.21. The molecular weight excluding hydrogens is 248 g/mol. The van der Waals surface area contributed by atoms with E-state index in [0.29, 0.717) is 0 Å². The molecule has 0 aromatic rings. The lowest BCUT2D eigenvalue weighted by Crippen LogP contribution is -2.48. The molecule has 108 valence electrons. The normalized spacial score (nSPS) is 14.7. The van der Waals surface area contributed by atoms with Crippen molar-refractivity contribution in [3.05, 3.63) is 0 Å². The summed E-state index contributed by atoms with van der Waals surface area (Å²) < 4.78 is 16.3. The molecule has 5 heteroatoms. The molecule has 0 N–H and O–H groups in total. The summed E-state index contributed by atoms with van der Waals surface area (Å²) in [5.74, 6) is -0.361. The van der Waals surface area contributed by atoms with Gasteiger partial charge in [0, 0.05) is 0 Å². The number of rotatable bonds is 6. The lowest BCUT2D eigenvalue weighted by atomic mass is 10.2. The number of hydrogen-bond donors (Lipinski definition) is 0. The highest BCUT2D eigenvalue weighted by atomic mass is 28.4. The topological polar surface area (TPSA) is 44.8 Å². The molecule has 0 heterocycles. The molecule has 0 aliphatic rings. The molecule has 0 rings (SSSR count). The second kappa shape index (κ2) is 6.68. The van der Waals surface area contributed by atoms with Crippen molar-refractivity contribution in [2.24, 2.45) is 0 Å². The fourth-order valence-electron chi connectivity index (χ4n) is 1.09. The zero-order valence-corrected chi connectivity index (χ0v) is 14.0. The van der Waals surface area contributed by atoms with E-state index in [4.69, 9.17) is 13.9 Å². The molecule has 0 saturated heterocycles. The maximum Gasteiger partial charge on any atom is 0.336 e. The Morgan fingerprint density at radius 1 is 1.22 bits per heavy atom. The molecule has 18 heavy (non-hydrogen) atoms. The van der Waals surface area contributed by atoms with Crippen LogP contribution in [0.3, 0.4) is 0 Å². The first-order chi connectivity index (χ1) is 8.01. The van der Waals surface area contributed by atoms with Crippen LogP contribution < -0.4 is 0 Å². The number of ether oxygens (including phenoxy) is 2. The van der Waals surface area contributed by atoms with Gasteiger partial charge in [-0.05, 0) is 32.0 Å². The number of carbonyl (C=O) groups is 1. The van der Waals surface area contributed by atoms with Crippen molar-refractivity contribution >= 4 is 14.3 Å². The number of carbonyl (C=O) groups excluding carboxylic acids is 1. The predicted molar refractivity (Wildman–Crippen MR) is 75.2 cm³/mol.